The van der Waals surface area contributed by atoms with Crippen molar-refractivity contribution < 1.29 is 4.79 Å². The number of nitrogens with zero attached hydrogens (tertiary/aromatic N) is 1. The van der Waals surface area contributed by atoms with Gasteiger partial charge < -0.3 is 4.57 Å². The van der Waals surface area contributed by atoms with Crippen molar-refractivity contribution >= 4 is 29.0 Å². The van der Waals surface area contributed by atoms with Crippen molar-refractivity contribution in [1.82, 2.24) is 4.57 Å². The molecule has 0 atom stereocenters. The smallest absolute Gasteiger partial charge is 0.161 e. The van der Waals surface area contributed by atoms with Gasteiger partial charge in [-0.15, -0.1) is 0 Å². The van der Waals surface area contributed by atoms with Crippen LogP contribution in [0.1, 0.15) is 34.1 Å². The lowest BCUT2D eigenvalue weighted by molar-refractivity contribution is 0.101. The van der Waals surface area contributed by atoms with Gasteiger partial charge >= 0.3 is 0 Å². The number of carbonyl (C=O) groups is 1. The molecular formula is C21H19Cl2NO. The predicted molar refractivity (Wildman–Crippen MR) is 105 cm³/mol. The zero-order valence-electron chi connectivity index (χ0n) is 14.7. The second-order valence-electron chi connectivity index (χ2n) is 6.32. The number of hydrogen-bond acceptors (Lipinski definition) is 1. The number of halogens is 2. The summed E-state index contributed by atoms with van der Waals surface area (Å²) in [5, 5.41) is 0.998. The molecule has 3 rings (SSSR count). The van der Waals surface area contributed by atoms with Crippen LogP contribution in [0.25, 0.3) is 16.9 Å². The zero-order chi connectivity index (χ0) is 18.3. The summed E-state index contributed by atoms with van der Waals surface area (Å²) < 4.78 is 2.06. The highest BCUT2D eigenvalue weighted by molar-refractivity contribution is 6.42. The Labute approximate surface area is 158 Å². The van der Waals surface area contributed by atoms with E-state index in [0.717, 1.165) is 22.6 Å². The average molecular weight is 372 g/mol. The fourth-order valence-electron chi connectivity index (χ4n) is 3.03. The quantitative estimate of drug-likeness (QED) is 0.476. The summed E-state index contributed by atoms with van der Waals surface area (Å²) in [7, 11) is 0. The molecule has 0 saturated carbocycles. The van der Waals surface area contributed by atoms with Crippen molar-refractivity contribution in [2.24, 2.45) is 0 Å². The summed E-state index contributed by atoms with van der Waals surface area (Å²) in [6, 6.07) is 13.8. The van der Waals surface area contributed by atoms with E-state index < -0.39 is 0 Å². The van der Waals surface area contributed by atoms with Gasteiger partial charge in [0.2, 0.25) is 0 Å². The van der Waals surface area contributed by atoms with Gasteiger partial charge in [0, 0.05) is 16.9 Å². The van der Waals surface area contributed by atoms with Gasteiger partial charge in [0.05, 0.1) is 15.7 Å². The summed E-state index contributed by atoms with van der Waals surface area (Å²) in [5.74, 6) is 0.0430. The van der Waals surface area contributed by atoms with E-state index in [1.54, 1.807) is 13.0 Å². The Morgan fingerprint density at radius 1 is 0.880 bits per heavy atom. The average Bonchev–Trinajstić information content (AvgIpc) is 2.90. The Morgan fingerprint density at radius 2 is 1.60 bits per heavy atom. The third-order valence-electron chi connectivity index (χ3n) is 4.59. The van der Waals surface area contributed by atoms with Gasteiger partial charge in [-0.3, -0.25) is 4.79 Å². The number of carbonyl (C=O) groups excluding carboxylic acids is 1. The van der Waals surface area contributed by atoms with Crippen LogP contribution < -0.4 is 0 Å². The van der Waals surface area contributed by atoms with Gasteiger partial charge in [-0.05, 0) is 74.7 Å². The molecule has 0 unspecified atom stereocenters. The maximum Gasteiger partial charge on any atom is 0.161 e. The van der Waals surface area contributed by atoms with Crippen molar-refractivity contribution in [2.75, 3.05) is 0 Å². The third-order valence-corrected chi connectivity index (χ3v) is 5.33. The van der Waals surface area contributed by atoms with Crippen molar-refractivity contribution in [3.63, 3.8) is 0 Å². The minimum absolute atomic E-state index is 0.0430. The minimum Gasteiger partial charge on any atom is -0.313 e. The molecule has 0 N–H and O–H groups in total. The summed E-state index contributed by atoms with van der Waals surface area (Å²) in [5.41, 5.74) is 6.95. The van der Waals surface area contributed by atoms with Crippen molar-refractivity contribution in [3.8, 4) is 16.9 Å². The molecule has 2 aromatic carbocycles. The molecule has 0 amide bonds. The van der Waals surface area contributed by atoms with Crippen molar-refractivity contribution in [3.05, 3.63) is 74.9 Å². The van der Waals surface area contributed by atoms with E-state index in [4.69, 9.17) is 23.2 Å². The highest BCUT2D eigenvalue weighted by atomic mass is 35.5. The van der Waals surface area contributed by atoms with E-state index >= 15 is 0 Å². The lowest BCUT2D eigenvalue weighted by Gasteiger charge is -2.14. The van der Waals surface area contributed by atoms with Gasteiger partial charge in [0.1, 0.15) is 0 Å². The highest BCUT2D eigenvalue weighted by Gasteiger charge is 2.18. The van der Waals surface area contributed by atoms with Crippen LogP contribution in [0.15, 0.2) is 42.5 Å². The first-order valence-corrected chi connectivity index (χ1v) is 8.81. The van der Waals surface area contributed by atoms with E-state index in [9.17, 15) is 4.79 Å². The summed E-state index contributed by atoms with van der Waals surface area (Å²) in [4.78, 5) is 12.1. The van der Waals surface area contributed by atoms with Crippen LogP contribution >= 0.6 is 23.2 Å². The molecule has 4 heteroatoms. The topological polar surface area (TPSA) is 22.0 Å². The lowest BCUT2D eigenvalue weighted by Crippen LogP contribution is -2.01. The third kappa shape index (κ3) is 3.24. The number of rotatable bonds is 3. The molecule has 0 bridgehead atoms. The number of aromatic nitrogens is 1. The molecule has 1 aromatic heterocycles. The molecule has 1 heterocycles. The van der Waals surface area contributed by atoms with Gasteiger partial charge in [-0.1, -0.05) is 35.3 Å². The highest BCUT2D eigenvalue weighted by Crippen LogP contribution is 2.33. The van der Waals surface area contributed by atoms with E-state index in [2.05, 4.69) is 36.6 Å². The summed E-state index contributed by atoms with van der Waals surface area (Å²) in [6.45, 7) is 7.71. The first kappa shape index (κ1) is 17.8. The molecule has 3 aromatic rings. The number of aryl methyl sites for hydroxylation is 2. The number of Topliss-reactive ketones (excluding diaryl/α,β-unsaturated/α-hetero) is 1. The van der Waals surface area contributed by atoms with Gasteiger partial charge in [-0.25, -0.2) is 0 Å². The Balaban J connectivity index is 2.30. The largest absolute Gasteiger partial charge is 0.313 e. The SMILES string of the molecule is CC(=O)c1cc(-c2ccc(C)c(C)c2)n(-c2ccc(Cl)c(Cl)c2)c1C. The fourth-order valence-corrected chi connectivity index (χ4v) is 3.33. The van der Waals surface area contributed by atoms with Crippen molar-refractivity contribution in [1.29, 1.82) is 0 Å². The number of benzene rings is 2. The van der Waals surface area contributed by atoms with Crippen LogP contribution in [-0.2, 0) is 0 Å². The Bertz CT molecular complexity index is 986. The molecule has 0 spiro atoms. The molecule has 0 aliphatic rings. The second kappa shape index (κ2) is 6.70. The molecular weight excluding hydrogens is 353 g/mol. The summed E-state index contributed by atoms with van der Waals surface area (Å²) >= 11 is 12.3. The number of hydrogen-bond donors (Lipinski definition) is 0. The normalized spacial score (nSPS) is 11.0. The summed E-state index contributed by atoms with van der Waals surface area (Å²) in [6.07, 6.45) is 0. The van der Waals surface area contributed by atoms with Gasteiger partial charge in [-0.2, -0.15) is 0 Å². The minimum atomic E-state index is 0.0430. The van der Waals surface area contributed by atoms with Crippen LogP contribution in [0.3, 0.4) is 0 Å². The maximum atomic E-state index is 12.1. The van der Waals surface area contributed by atoms with Crippen LogP contribution in [0, 0.1) is 20.8 Å². The Hall–Kier alpha value is -2.03. The standard InChI is InChI=1S/C21H19Cl2NO/c1-12-5-6-16(9-13(12)2)21-11-18(15(4)25)14(3)24(21)17-7-8-19(22)20(23)10-17/h5-11H,1-4H3. The van der Waals surface area contributed by atoms with Gasteiger partial charge in [0.15, 0.2) is 5.78 Å². The fraction of sp³-hybridized carbons (Fsp3) is 0.190. The Kier molecular flexibility index (Phi) is 4.77. The first-order chi connectivity index (χ1) is 11.8. The van der Waals surface area contributed by atoms with E-state index in [0.29, 0.717) is 15.6 Å². The predicted octanol–water partition coefficient (Wildman–Crippen LogP) is 6.58. The van der Waals surface area contributed by atoms with Gasteiger partial charge in [0.25, 0.3) is 0 Å². The second-order valence-corrected chi connectivity index (χ2v) is 7.13. The molecule has 0 saturated heterocycles. The first-order valence-electron chi connectivity index (χ1n) is 8.06. The van der Waals surface area contributed by atoms with Crippen LogP contribution in [0.4, 0.5) is 0 Å². The Morgan fingerprint density at radius 3 is 2.20 bits per heavy atom. The van der Waals surface area contributed by atoms with Crippen LogP contribution in [-0.4, -0.2) is 10.4 Å². The number of ketones is 1. The van der Waals surface area contributed by atoms with E-state index in [-0.39, 0.29) is 5.78 Å². The van der Waals surface area contributed by atoms with E-state index in [1.165, 1.54) is 11.1 Å². The molecule has 0 fully saturated rings. The monoisotopic (exact) mass is 371 g/mol. The molecule has 2 nitrogen and oxygen atoms in total. The van der Waals surface area contributed by atoms with Crippen LogP contribution in [0.5, 0.6) is 0 Å². The zero-order valence-corrected chi connectivity index (χ0v) is 16.2. The van der Waals surface area contributed by atoms with E-state index in [1.807, 2.05) is 25.1 Å². The van der Waals surface area contributed by atoms with Crippen molar-refractivity contribution in [2.45, 2.75) is 27.7 Å². The van der Waals surface area contributed by atoms with Crippen LogP contribution in [0.2, 0.25) is 10.0 Å². The lowest BCUT2D eigenvalue weighted by atomic mass is 10.0. The molecule has 128 valence electrons. The molecule has 25 heavy (non-hydrogen) atoms. The molecule has 0 radical (unpaired) electrons. The molecule has 0 aliphatic carbocycles. The maximum absolute atomic E-state index is 12.1. The molecule has 0 aliphatic heterocycles.